The number of carbonyl (C=O) groups excluding carboxylic acids is 3. The summed E-state index contributed by atoms with van der Waals surface area (Å²) in [6.07, 6.45) is -0.734. The summed E-state index contributed by atoms with van der Waals surface area (Å²) in [7, 11) is 0. The van der Waals surface area contributed by atoms with Crippen molar-refractivity contribution in [2.24, 2.45) is 0 Å². The molecule has 112 valence electrons. The first kappa shape index (κ1) is 15.2. The van der Waals surface area contributed by atoms with Crippen molar-refractivity contribution in [1.82, 2.24) is 9.88 Å². The van der Waals surface area contributed by atoms with Gasteiger partial charge in [-0.25, -0.2) is 19.5 Å². The summed E-state index contributed by atoms with van der Waals surface area (Å²) in [6, 6.07) is 1.68. The maximum Gasteiger partial charge on any atom is 0.416 e. The fourth-order valence-electron chi connectivity index (χ4n) is 1.93. The number of pyridine rings is 1. The van der Waals surface area contributed by atoms with Gasteiger partial charge in [0.15, 0.2) is 6.61 Å². The number of esters is 1. The number of ether oxygens (including phenoxy) is 2. The molecule has 1 fully saturated rings. The van der Waals surface area contributed by atoms with E-state index in [9.17, 15) is 14.4 Å². The Kier molecular flexibility index (Phi) is 4.42. The lowest BCUT2D eigenvalue weighted by molar-refractivity contribution is -0.131. The quantitative estimate of drug-likeness (QED) is 0.621. The van der Waals surface area contributed by atoms with Gasteiger partial charge in [0.25, 0.3) is 5.91 Å². The molecule has 8 heteroatoms. The minimum absolute atomic E-state index is 0.0190. The van der Waals surface area contributed by atoms with Crippen molar-refractivity contribution in [3.05, 3.63) is 28.0 Å². The summed E-state index contributed by atoms with van der Waals surface area (Å²) in [5.41, 5.74) is 1.38. The molecule has 0 bridgehead atoms. The number of carbonyl (C=O) groups is 3. The number of hydrogen-bond acceptors (Lipinski definition) is 6. The number of aryl methyl sites for hydroxylation is 2. The normalized spacial score (nSPS) is 14.0. The fraction of sp³-hybridized carbons (Fsp3) is 0.385. The van der Waals surface area contributed by atoms with E-state index in [1.165, 1.54) is 0 Å². The predicted molar refractivity (Wildman–Crippen MR) is 72.1 cm³/mol. The smallest absolute Gasteiger partial charge is 0.416 e. The molecule has 1 aromatic heterocycles. The lowest BCUT2D eigenvalue weighted by Gasteiger charge is -2.12. The number of cyclic esters (lactones) is 1. The van der Waals surface area contributed by atoms with Crippen molar-refractivity contribution in [2.75, 3.05) is 19.8 Å². The molecule has 21 heavy (non-hydrogen) atoms. The molecule has 7 nitrogen and oxygen atoms in total. The summed E-state index contributed by atoms with van der Waals surface area (Å²) in [6.45, 7) is 3.18. The largest absolute Gasteiger partial charge is 0.452 e. The van der Waals surface area contributed by atoms with E-state index in [0.717, 1.165) is 4.90 Å². The van der Waals surface area contributed by atoms with Crippen molar-refractivity contribution in [3.8, 4) is 0 Å². The number of rotatable bonds is 3. The van der Waals surface area contributed by atoms with Gasteiger partial charge in [0.05, 0.1) is 12.1 Å². The van der Waals surface area contributed by atoms with Crippen LogP contribution in [-0.2, 0) is 14.3 Å². The van der Waals surface area contributed by atoms with Crippen LogP contribution in [0.25, 0.3) is 0 Å². The monoisotopic (exact) mass is 312 g/mol. The van der Waals surface area contributed by atoms with Crippen LogP contribution in [0.2, 0.25) is 5.15 Å². The molecule has 1 aliphatic heterocycles. The summed E-state index contributed by atoms with van der Waals surface area (Å²) >= 11 is 5.91. The Morgan fingerprint density at radius 2 is 2.19 bits per heavy atom. The van der Waals surface area contributed by atoms with Crippen molar-refractivity contribution in [3.63, 3.8) is 0 Å². The molecule has 0 aliphatic carbocycles. The van der Waals surface area contributed by atoms with Crippen LogP contribution in [0.5, 0.6) is 0 Å². The van der Waals surface area contributed by atoms with Gasteiger partial charge in [-0.2, -0.15) is 0 Å². The van der Waals surface area contributed by atoms with Gasteiger partial charge in [-0.15, -0.1) is 0 Å². The zero-order chi connectivity index (χ0) is 15.6. The predicted octanol–water partition coefficient (Wildman–Crippen LogP) is 1.49. The molecule has 2 amide bonds. The Morgan fingerprint density at radius 3 is 2.76 bits per heavy atom. The maximum absolute atomic E-state index is 12.0. The molecule has 0 unspecified atom stereocenters. The van der Waals surface area contributed by atoms with E-state index in [1.54, 1.807) is 19.9 Å². The van der Waals surface area contributed by atoms with Crippen LogP contribution < -0.4 is 0 Å². The standard InChI is InChI=1S/C13H13ClN2O5/c1-7-5-8(2)15-11(14)10(7)12(18)21-6-9(17)16-3-4-20-13(16)19/h5H,3-4,6H2,1-2H3. The Morgan fingerprint density at radius 1 is 1.48 bits per heavy atom. The first-order valence-electron chi connectivity index (χ1n) is 6.18. The fourth-order valence-corrected chi connectivity index (χ4v) is 2.29. The van der Waals surface area contributed by atoms with E-state index in [-0.39, 0.29) is 23.9 Å². The van der Waals surface area contributed by atoms with Crippen molar-refractivity contribution < 1.29 is 23.9 Å². The SMILES string of the molecule is Cc1cc(C)c(C(=O)OCC(=O)N2CCOC2=O)c(Cl)n1. The zero-order valence-electron chi connectivity index (χ0n) is 11.5. The van der Waals surface area contributed by atoms with Crippen molar-refractivity contribution in [2.45, 2.75) is 13.8 Å². The number of nitrogens with zero attached hydrogens (tertiary/aromatic N) is 2. The molecular weight excluding hydrogens is 300 g/mol. The molecule has 0 N–H and O–H groups in total. The third kappa shape index (κ3) is 3.30. The van der Waals surface area contributed by atoms with Gasteiger partial charge in [-0.1, -0.05) is 11.6 Å². The second-order valence-electron chi connectivity index (χ2n) is 4.48. The van der Waals surface area contributed by atoms with Gasteiger partial charge in [0, 0.05) is 5.69 Å². The van der Waals surface area contributed by atoms with E-state index in [2.05, 4.69) is 9.72 Å². The van der Waals surface area contributed by atoms with Crippen LogP contribution in [0.3, 0.4) is 0 Å². The third-order valence-electron chi connectivity index (χ3n) is 2.89. The molecule has 1 aromatic rings. The zero-order valence-corrected chi connectivity index (χ0v) is 12.3. The van der Waals surface area contributed by atoms with Crippen LogP contribution in [0.1, 0.15) is 21.6 Å². The average Bonchev–Trinajstić information content (AvgIpc) is 2.81. The molecule has 2 rings (SSSR count). The van der Waals surface area contributed by atoms with Gasteiger partial charge < -0.3 is 9.47 Å². The van der Waals surface area contributed by atoms with E-state index in [4.69, 9.17) is 16.3 Å². The van der Waals surface area contributed by atoms with Crippen molar-refractivity contribution in [1.29, 1.82) is 0 Å². The molecule has 1 saturated heterocycles. The molecule has 1 aliphatic rings. The molecule has 2 heterocycles. The van der Waals surface area contributed by atoms with Crippen LogP contribution in [0.4, 0.5) is 4.79 Å². The molecule has 0 atom stereocenters. The molecule has 0 aromatic carbocycles. The number of halogens is 1. The molecule has 0 spiro atoms. The highest BCUT2D eigenvalue weighted by Crippen LogP contribution is 2.19. The third-order valence-corrected chi connectivity index (χ3v) is 3.17. The van der Waals surface area contributed by atoms with E-state index in [1.807, 2.05) is 0 Å². The number of aromatic nitrogens is 1. The Bertz CT molecular complexity index is 594. The number of imide groups is 1. The average molecular weight is 313 g/mol. The lowest BCUT2D eigenvalue weighted by atomic mass is 10.1. The summed E-state index contributed by atoms with van der Waals surface area (Å²) in [4.78, 5) is 39.7. The van der Waals surface area contributed by atoms with E-state index >= 15 is 0 Å². The molecular formula is C13H13ClN2O5. The highest BCUT2D eigenvalue weighted by atomic mass is 35.5. The first-order chi connectivity index (χ1) is 9.90. The van der Waals surface area contributed by atoms with Gasteiger partial charge in [-0.3, -0.25) is 4.79 Å². The van der Waals surface area contributed by atoms with Gasteiger partial charge in [0.1, 0.15) is 11.8 Å². The highest BCUT2D eigenvalue weighted by molar-refractivity contribution is 6.32. The minimum Gasteiger partial charge on any atom is -0.452 e. The number of amides is 2. The Labute approximate surface area is 125 Å². The topological polar surface area (TPSA) is 85.8 Å². The summed E-state index contributed by atoms with van der Waals surface area (Å²) in [5.74, 6) is -1.40. The van der Waals surface area contributed by atoms with Gasteiger partial charge in [-0.05, 0) is 25.5 Å². The Balaban J connectivity index is 2.02. The van der Waals surface area contributed by atoms with Crippen molar-refractivity contribution >= 4 is 29.6 Å². The van der Waals surface area contributed by atoms with Gasteiger partial charge >= 0.3 is 12.1 Å². The van der Waals surface area contributed by atoms with E-state index < -0.39 is 24.6 Å². The van der Waals surface area contributed by atoms with Crippen LogP contribution in [-0.4, -0.2) is 47.6 Å². The summed E-state index contributed by atoms with van der Waals surface area (Å²) < 4.78 is 9.51. The van der Waals surface area contributed by atoms with Gasteiger partial charge in [0.2, 0.25) is 0 Å². The molecule has 0 saturated carbocycles. The Hall–Kier alpha value is -2.15. The second kappa shape index (κ2) is 6.09. The minimum atomic E-state index is -0.758. The maximum atomic E-state index is 12.0. The van der Waals surface area contributed by atoms with Crippen LogP contribution in [0.15, 0.2) is 6.07 Å². The van der Waals surface area contributed by atoms with E-state index in [0.29, 0.717) is 11.3 Å². The lowest BCUT2D eigenvalue weighted by Crippen LogP contribution is -2.35. The highest BCUT2D eigenvalue weighted by Gasteiger charge is 2.29. The second-order valence-corrected chi connectivity index (χ2v) is 4.84. The number of hydrogen-bond donors (Lipinski definition) is 0. The first-order valence-corrected chi connectivity index (χ1v) is 6.56. The van der Waals surface area contributed by atoms with Crippen LogP contribution in [0, 0.1) is 13.8 Å². The molecule has 0 radical (unpaired) electrons. The summed E-state index contributed by atoms with van der Waals surface area (Å²) in [5, 5.41) is 0.0190. The van der Waals surface area contributed by atoms with Crippen LogP contribution >= 0.6 is 11.6 Å².